The number of hydrogen-bond acceptors (Lipinski definition) is 2. The van der Waals surface area contributed by atoms with E-state index in [0.29, 0.717) is 10.00 Å². The summed E-state index contributed by atoms with van der Waals surface area (Å²) in [6.07, 6.45) is 9.56. The van der Waals surface area contributed by atoms with Crippen LogP contribution >= 0.6 is 25.3 Å². The Morgan fingerprint density at radius 2 is 1.75 bits per heavy atom. The molecule has 12 heavy (non-hydrogen) atoms. The molecule has 0 spiro atoms. The van der Waals surface area contributed by atoms with Crippen LogP contribution in [0, 0.1) is 5.92 Å². The van der Waals surface area contributed by atoms with E-state index in [4.69, 9.17) is 25.3 Å². The Balaban J connectivity index is 2.14. The first-order valence-electron chi connectivity index (χ1n) is 5.14. The average molecular weight is 202 g/mol. The monoisotopic (exact) mass is 202 g/mol. The second-order valence-electron chi connectivity index (χ2n) is 4.38. The zero-order valence-corrected chi connectivity index (χ0v) is 9.29. The number of fused-ring (bicyclic) bond motifs is 1. The third-order valence-electron chi connectivity index (χ3n) is 3.69. The average Bonchev–Trinajstić information content (AvgIpc) is 2.07. The molecule has 70 valence electrons. The van der Waals surface area contributed by atoms with Gasteiger partial charge in [-0.3, -0.25) is 0 Å². The van der Waals surface area contributed by atoms with Crippen molar-refractivity contribution >= 4 is 25.3 Å². The maximum Gasteiger partial charge on any atom is 0.0274 e. The van der Waals surface area contributed by atoms with Crippen molar-refractivity contribution in [2.45, 2.75) is 54.9 Å². The molecule has 0 radical (unpaired) electrons. The van der Waals surface area contributed by atoms with Gasteiger partial charge in [0.05, 0.1) is 0 Å². The van der Waals surface area contributed by atoms with E-state index >= 15 is 0 Å². The van der Waals surface area contributed by atoms with Crippen LogP contribution in [0.2, 0.25) is 0 Å². The minimum Gasteiger partial charge on any atom is -0.174 e. The highest BCUT2D eigenvalue weighted by Gasteiger charge is 2.44. The van der Waals surface area contributed by atoms with Gasteiger partial charge < -0.3 is 0 Å². The number of hydrogen-bond donors (Lipinski definition) is 2. The standard InChI is InChI=1S/C10H18S2/c11-9-6-3-5-8-4-1-2-7-10(8,9)12/h8-9,11-12H,1-7H2. The van der Waals surface area contributed by atoms with E-state index < -0.39 is 0 Å². The Kier molecular flexibility index (Phi) is 2.66. The molecule has 0 amide bonds. The first-order chi connectivity index (χ1) is 5.73. The Hall–Kier alpha value is 0.700. The first kappa shape index (κ1) is 9.26. The van der Waals surface area contributed by atoms with E-state index in [0.717, 1.165) is 5.92 Å². The molecule has 2 aliphatic carbocycles. The van der Waals surface area contributed by atoms with Gasteiger partial charge in [-0.2, -0.15) is 25.3 Å². The lowest BCUT2D eigenvalue weighted by atomic mass is 9.70. The largest absolute Gasteiger partial charge is 0.174 e. The van der Waals surface area contributed by atoms with Gasteiger partial charge in [0.2, 0.25) is 0 Å². The van der Waals surface area contributed by atoms with Crippen molar-refractivity contribution < 1.29 is 0 Å². The molecule has 0 saturated heterocycles. The van der Waals surface area contributed by atoms with Crippen molar-refractivity contribution in [2.75, 3.05) is 0 Å². The molecule has 2 aliphatic rings. The summed E-state index contributed by atoms with van der Waals surface area (Å²) in [6, 6.07) is 0. The lowest BCUT2D eigenvalue weighted by molar-refractivity contribution is 0.213. The second-order valence-corrected chi connectivity index (χ2v) is 5.84. The normalized spacial score (nSPS) is 48.5. The van der Waals surface area contributed by atoms with Crippen LogP contribution in [0.4, 0.5) is 0 Å². The van der Waals surface area contributed by atoms with Crippen LogP contribution in [0.25, 0.3) is 0 Å². The Bertz CT molecular complexity index is 167. The van der Waals surface area contributed by atoms with Gasteiger partial charge in [0, 0.05) is 10.00 Å². The van der Waals surface area contributed by atoms with Gasteiger partial charge >= 0.3 is 0 Å². The van der Waals surface area contributed by atoms with Crippen LogP contribution in [-0.4, -0.2) is 10.00 Å². The second kappa shape index (κ2) is 3.45. The fourth-order valence-electron chi connectivity index (χ4n) is 2.89. The molecule has 0 heterocycles. The summed E-state index contributed by atoms with van der Waals surface area (Å²) >= 11 is 9.59. The number of thiol groups is 2. The maximum atomic E-state index is 4.89. The highest BCUT2D eigenvalue weighted by molar-refractivity contribution is 7.85. The van der Waals surface area contributed by atoms with Crippen LogP contribution in [0.3, 0.4) is 0 Å². The van der Waals surface area contributed by atoms with Crippen molar-refractivity contribution in [3.8, 4) is 0 Å². The van der Waals surface area contributed by atoms with E-state index in [9.17, 15) is 0 Å². The maximum absolute atomic E-state index is 4.89. The molecule has 2 saturated carbocycles. The van der Waals surface area contributed by atoms with E-state index in [-0.39, 0.29) is 0 Å². The van der Waals surface area contributed by atoms with Crippen molar-refractivity contribution in [3.05, 3.63) is 0 Å². The van der Waals surface area contributed by atoms with Crippen LogP contribution in [0.5, 0.6) is 0 Å². The molecule has 2 rings (SSSR count). The third-order valence-corrected chi connectivity index (χ3v) is 5.52. The lowest BCUT2D eigenvalue weighted by Gasteiger charge is -2.47. The molecular weight excluding hydrogens is 184 g/mol. The van der Waals surface area contributed by atoms with E-state index in [1.807, 2.05) is 0 Å². The van der Waals surface area contributed by atoms with Gasteiger partial charge in [0.1, 0.15) is 0 Å². The quantitative estimate of drug-likeness (QED) is 0.553. The predicted molar refractivity (Wildman–Crippen MR) is 60.3 cm³/mol. The van der Waals surface area contributed by atoms with Gasteiger partial charge in [-0.25, -0.2) is 0 Å². The van der Waals surface area contributed by atoms with Gasteiger partial charge in [-0.1, -0.05) is 19.3 Å². The Labute approximate surface area is 86.3 Å². The summed E-state index contributed by atoms with van der Waals surface area (Å²) in [5.41, 5.74) is 0. The summed E-state index contributed by atoms with van der Waals surface area (Å²) in [4.78, 5) is 0. The van der Waals surface area contributed by atoms with Crippen LogP contribution in [0.1, 0.15) is 44.9 Å². The molecule has 0 aromatic heterocycles. The highest BCUT2D eigenvalue weighted by Crippen LogP contribution is 2.49. The molecular formula is C10H18S2. The van der Waals surface area contributed by atoms with Crippen molar-refractivity contribution in [3.63, 3.8) is 0 Å². The summed E-state index contributed by atoms with van der Waals surface area (Å²) in [6.45, 7) is 0. The van der Waals surface area contributed by atoms with Crippen molar-refractivity contribution in [2.24, 2.45) is 5.92 Å². The zero-order valence-electron chi connectivity index (χ0n) is 7.50. The molecule has 3 atom stereocenters. The molecule has 0 bridgehead atoms. The minimum atomic E-state index is 0.291. The van der Waals surface area contributed by atoms with Crippen molar-refractivity contribution in [1.29, 1.82) is 0 Å². The smallest absolute Gasteiger partial charge is 0.0274 e. The molecule has 2 heteroatoms. The van der Waals surface area contributed by atoms with E-state index in [2.05, 4.69) is 0 Å². The summed E-state index contributed by atoms with van der Waals surface area (Å²) in [7, 11) is 0. The van der Waals surface area contributed by atoms with Crippen molar-refractivity contribution in [1.82, 2.24) is 0 Å². The highest BCUT2D eigenvalue weighted by atomic mass is 32.1. The van der Waals surface area contributed by atoms with Crippen LogP contribution < -0.4 is 0 Å². The Morgan fingerprint density at radius 3 is 2.50 bits per heavy atom. The van der Waals surface area contributed by atoms with E-state index in [1.165, 1.54) is 44.9 Å². The molecule has 3 unspecified atom stereocenters. The fourth-order valence-corrected chi connectivity index (χ4v) is 3.96. The molecule has 0 aliphatic heterocycles. The third kappa shape index (κ3) is 1.41. The van der Waals surface area contributed by atoms with Gasteiger partial charge in [0.25, 0.3) is 0 Å². The fraction of sp³-hybridized carbons (Fsp3) is 1.00. The zero-order chi connectivity index (χ0) is 8.60. The lowest BCUT2D eigenvalue weighted by Crippen LogP contribution is -2.46. The summed E-state index contributed by atoms with van der Waals surface area (Å²) in [5.74, 6) is 0.867. The predicted octanol–water partition coefficient (Wildman–Crippen LogP) is 3.33. The van der Waals surface area contributed by atoms with Crippen LogP contribution in [-0.2, 0) is 0 Å². The van der Waals surface area contributed by atoms with Gasteiger partial charge in [0.15, 0.2) is 0 Å². The number of rotatable bonds is 0. The molecule has 2 fully saturated rings. The van der Waals surface area contributed by atoms with Gasteiger partial charge in [-0.05, 0) is 31.6 Å². The molecule has 0 aromatic rings. The minimum absolute atomic E-state index is 0.291. The molecule has 0 N–H and O–H groups in total. The summed E-state index contributed by atoms with van der Waals surface area (Å²) in [5, 5.41) is 0.555. The Morgan fingerprint density at radius 1 is 1.00 bits per heavy atom. The van der Waals surface area contributed by atoms with Crippen LogP contribution in [0.15, 0.2) is 0 Å². The molecule has 0 aromatic carbocycles. The summed E-state index contributed by atoms with van der Waals surface area (Å²) < 4.78 is 0.291. The topological polar surface area (TPSA) is 0 Å². The van der Waals surface area contributed by atoms with Gasteiger partial charge in [-0.15, -0.1) is 0 Å². The van der Waals surface area contributed by atoms with E-state index in [1.54, 1.807) is 0 Å². The molecule has 0 nitrogen and oxygen atoms in total. The SMILES string of the molecule is SC1CCCC2CCCCC12S. The first-order valence-corrected chi connectivity index (χ1v) is 6.10.